The van der Waals surface area contributed by atoms with Crippen LogP contribution in [0.4, 0.5) is 13.2 Å². The molecule has 0 unspecified atom stereocenters. The molecule has 0 radical (unpaired) electrons. The molecule has 142 valence electrons. The number of rotatable bonds is 5. The molecule has 4 rings (SSSR count). The minimum absolute atomic E-state index is 0.442. The van der Waals surface area contributed by atoms with Crippen molar-refractivity contribution in [3.63, 3.8) is 0 Å². The first-order valence-electron chi connectivity index (χ1n) is 8.35. The first-order valence-corrected chi connectivity index (χ1v) is 10.2. The molecule has 8 heteroatoms. The average molecular weight is 417 g/mol. The summed E-state index contributed by atoms with van der Waals surface area (Å²) >= 11 is 2.95. The number of benzene rings is 2. The number of H-pyrrole nitrogens is 1. The summed E-state index contributed by atoms with van der Waals surface area (Å²) in [6.45, 7) is 0. The topological polar surface area (TPSA) is 41.6 Å². The zero-order chi connectivity index (χ0) is 19.6. The van der Waals surface area contributed by atoms with Gasteiger partial charge in [-0.3, -0.25) is 4.98 Å². The van der Waals surface area contributed by atoms with Gasteiger partial charge in [-0.25, -0.2) is 4.98 Å². The van der Waals surface area contributed by atoms with Crippen molar-refractivity contribution in [2.75, 3.05) is 0 Å². The van der Waals surface area contributed by atoms with E-state index in [4.69, 9.17) is 0 Å². The SMILES string of the molecule is FC(F)(F)c1cc(SCc2nc3ccc(Sc4ccccc4)cc3[nH]2)ccn1. The molecular weight excluding hydrogens is 403 g/mol. The third kappa shape index (κ3) is 4.51. The molecule has 0 aliphatic rings. The second-order valence-corrected chi connectivity index (χ2v) is 8.14. The van der Waals surface area contributed by atoms with Gasteiger partial charge in [-0.2, -0.15) is 13.2 Å². The third-order valence-electron chi connectivity index (χ3n) is 3.88. The highest BCUT2D eigenvalue weighted by Gasteiger charge is 2.32. The lowest BCUT2D eigenvalue weighted by atomic mass is 10.3. The van der Waals surface area contributed by atoms with E-state index in [1.165, 1.54) is 18.0 Å². The molecule has 0 amide bonds. The summed E-state index contributed by atoms with van der Waals surface area (Å²) in [7, 11) is 0. The molecule has 0 atom stereocenters. The fourth-order valence-electron chi connectivity index (χ4n) is 2.61. The van der Waals surface area contributed by atoms with Gasteiger partial charge in [0.15, 0.2) is 0 Å². The number of fused-ring (bicyclic) bond motifs is 1. The van der Waals surface area contributed by atoms with Crippen LogP contribution in [0.2, 0.25) is 0 Å². The van der Waals surface area contributed by atoms with E-state index in [0.717, 1.165) is 26.9 Å². The van der Waals surface area contributed by atoms with Crippen LogP contribution in [0.25, 0.3) is 11.0 Å². The molecule has 0 spiro atoms. The molecule has 0 aliphatic heterocycles. The largest absolute Gasteiger partial charge is 0.433 e. The number of nitrogens with one attached hydrogen (secondary N) is 1. The van der Waals surface area contributed by atoms with Crippen molar-refractivity contribution >= 4 is 34.6 Å². The van der Waals surface area contributed by atoms with E-state index in [1.54, 1.807) is 17.8 Å². The Morgan fingerprint density at radius 2 is 1.71 bits per heavy atom. The number of hydrogen-bond donors (Lipinski definition) is 1. The number of alkyl halides is 3. The van der Waals surface area contributed by atoms with Gasteiger partial charge in [-0.05, 0) is 42.5 Å². The Morgan fingerprint density at radius 3 is 2.50 bits per heavy atom. The summed E-state index contributed by atoms with van der Waals surface area (Å²) in [6.07, 6.45) is -3.26. The van der Waals surface area contributed by atoms with Crippen LogP contribution >= 0.6 is 23.5 Å². The zero-order valence-corrected chi connectivity index (χ0v) is 16.0. The van der Waals surface area contributed by atoms with Gasteiger partial charge < -0.3 is 4.98 Å². The highest BCUT2D eigenvalue weighted by Crippen LogP contribution is 2.32. The van der Waals surface area contributed by atoms with Crippen molar-refractivity contribution in [2.45, 2.75) is 26.6 Å². The van der Waals surface area contributed by atoms with Crippen molar-refractivity contribution in [2.24, 2.45) is 0 Å². The molecule has 3 nitrogen and oxygen atoms in total. The van der Waals surface area contributed by atoms with E-state index in [9.17, 15) is 13.2 Å². The highest BCUT2D eigenvalue weighted by molar-refractivity contribution is 7.99. The lowest BCUT2D eigenvalue weighted by Crippen LogP contribution is -2.07. The Hall–Kier alpha value is -2.45. The van der Waals surface area contributed by atoms with Crippen molar-refractivity contribution in [1.29, 1.82) is 0 Å². The fraction of sp³-hybridized carbons (Fsp3) is 0.100. The lowest BCUT2D eigenvalue weighted by Gasteiger charge is -2.06. The maximum Gasteiger partial charge on any atom is 0.433 e. The maximum atomic E-state index is 12.8. The standard InChI is InChI=1S/C20H14F3N3S2/c21-20(22,23)18-11-14(8-9-24-18)27-12-19-25-16-7-6-15(10-17(16)26-19)28-13-4-2-1-3-5-13/h1-11H,12H2,(H,25,26). The van der Waals surface area contributed by atoms with Crippen LogP contribution < -0.4 is 0 Å². The van der Waals surface area contributed by atoms with Crippen LogP contribution in [-0.2, 0) is 11.9 Å². The summed E-state index contributed by atoms with van der Waals surface area (Å²) in [5.41, 5.74) is 0.852. The average Bonchev–Trinajstić information content (AvgIpc) is 3.09. The van der Waals surface area contributed by atoms with Crippen LogP contribution in [0.3, 0.4) is 0 Å². The molecule has 0 fully saturated rings. The molecule has 28 heavy (non-hydrogen) atoms. The normalized spacial score (nSPS) is 11.8. The zero-order valence-electron chi connectivity index (χ0n) is 14.4. The van der Waals surface area contributed by atoms with Crippen molar-refractivity contribution in [1.82, 2.24) is 15.0 Å². The first-order chi connectivity index (χ1) is 13.5. The van der Waals surface area contributed by atoms with E-state index < -0.39 is 11.9 Å². The quantitative estimate of drug-likeness (QED) is 0.381. The number of aromatic nitrogens is 3. The number of nitrogens with zero attached hydrogens (tertiary/aromatic N) is 2. The number of halogens is 3. The first kappa shape index (κ1) is 18.9. The van der Waals surface area contributed by atoms with E-state index in [1.807, 2.05) is 48.5 Å². The van der Waals surface area contributed by atoms with Crippen LogP contribution in [-0.4, -0.2) is 15.0 Å². The molecule has 0 bridgehead atoms. The van der Waals surface area contributed by atoms with Crippen LogP contribution in [0.15, 0.2) is 81.5 Å². The van der Waals surface area contributed by atoms with Crippen molar-refractivity contribution in [3.05, 3.63) is 78.4 Å². The lowest BCUT2D eigenvalue weighted by molar-refractivity contribution is -0.141. The molecule has 2 heterocycles. The van der Waals surface area contributed by atoms with E-state index >= 15 is 0 Å². The van der Waals surface area contributed by atoms with Gasteiger partial charge in [-0.1, -0.05) is 30.0 Å². The maximum absolute atomic E-state index is 12.8. The minimum atomic E-state index is -4.44. The summed E-state index contributed by atoms with van der Waals surface area (Å²) in [5, 5.41) is 0. The molecule has 0 saturated heterocycles. The second kappa shape index (κ2) is 7.89. The molecule has 4 aromatic rings. The van der Waals surface area contributed by atoms with Crippen molar-refractivity contribution in [3.8, 4) is 0 Å². The van der Waals surface area contributed by atoms with E-state index in [2.05, 4.69) is 15.0 Å². The van der Waals surface area contributed by atoms with E-state index in [0.29, 0.717) is 16.5 Å². The Balaban J connectivity index is 1.48. The highest BCUT2D eigenvalue weighted by atomic mass is 32.2. The Bertz CT molecular complexity index is 1090. The Labute approximate surface area is 167 Å². The van der Waals surface area contributed by atoms with Crippen LogP contribution in [0.5, 0.6) is 0 Å². The van der Waals surface area contributed by atoms with Gasteiger partial charge in [0.25, 0.3) is 0 Å². The van der Waals surface area contributed by atoms with Gasteiger partial charge >= 0.3 is 6.18 Å². The van der Waals surface area contributed by atoms with Gasteiger partial charge in [0.2, 0.25) is 0 Å². The van der Waals surface area contributed by atoms with Crippen LogP contribution in [0, 0.1) is 0 Å². The monoisotopic (exact) mass is 417 g/mol. The number of thioether (sulfide) groups is 1. The second-order valence-electron chi connectivity index (χ2n) is 5.94. The summed E-state index contributed by atoms with van der Waals surface area (Å²) in [6, 6.07) is 18.7. The molecule has 2 aromatic carbocycles. The Morgan fingerprint density at radius 1 is 0.893 bits per heavy atom. The summed E-state index contributed by atoms with van der Waals surface area (Å²) < 4.78 is 38.3. The van der Waals surface area contributed by atoms with Gasteiger partial charge in [0.1, 0.15) is 11.5 Å². The summed E-state index contributed by atoms with van der Waals surface area (Å²) in [4.78, 5) is 13.9. The van der Waals surface area contributed by atoms with Gasteiger partial charge in [-0.15, -0.1) is 11.8 Å². The third-order valence-corrected chi connectivity index (χ3v) is 5.88. The minimum Gasteiger partial charge on any atom is -0.341 e. The molecule has 0 saturated carbocycles. The number of aromatic amines is 1. The predicted molar refractivity (Wildman–Crippen MR) is 105 cm³/mol. The number of imidazole rings is 1. The fourth-order valence-corrected chi connectivity index (χ4v) is 4.28. The van der Waals surface area contributed by atoms with Gasteiger partial charge in [0.05, 0.1) is 16.8 Å². The van der Waals surface area contributed by atoms with E-state index in [-0.39, 0.29) is 0 Å². The van der Waals surface area contributed by atoms with Crippen LogP contribution in [0.1, 0.15) is 11.5 Å². The number of pyridine rings is 1. The molecule has 0 aliphatic carbocycles. The van der Waals surface area contributed by atoms with Gasteiger partial charge in [0, 0.05) is 20.9 Å². The molecular formula is C20H14F3N3S2. The summed E-state index contributed by atoms with van der Waals surface area (Å²) in [5.74, 6) is 1.16. The molecule has 2 aromatic heterocycles. The number of hydrogen-bond acceptors (Lipinski definition) is 4. The predicted octanol–water partition coefficient (Wildman–Crippen LogP) is 6.42. The Kier molecular flexibility index (Phi) is 5.32. The molecule has 1 N–H and O–H groups in total. The van der Waals surface area contributed by atoms with Crippen molar-refractivity contribution < 1.29 is 13.2 Å². The smallest absolute Gasteiger partial charge is 0.341 e.